The Balaban J connectivity index is 4.13. The van der Waals surface area contributed by atoms with E-state index in [9.17, 15) is 4.79 Å². The fraction of sp³-hybridized carbons (Fsp3) is 0.917. The number of nitrogens with one attached hydrogen (secondary N) is 1. The lowest BCUT2D eigenvalue weighted by atomic mass is 9.94. The van der Waals surface area contributed by atoms with E-state index in [1.165, 1.54) is 0 Å². The molecule has 1 atom stereocenters. The van der Waals surface area contributed by atoms with Crippen molar-refractivity contribution in [1.82, 2.24) is 5.32 Å². The molecule has 3 N–H and O–H groups in total. The molecule has 0 spiro atoms. The van der Waals surface area contributed by atoms with Crippen molar-refractivity contribution in [2.24, 2.45) is 11.7 Å². The van der Waals surface area contributed by atoms with Crippen LogP contribution in [-0.2, 0) is 4.79 Å². The summed E-state index contributed by atoms with van der Waals surface area (Å²) in [6, 6.07) is -0.0389. The number of nitrogens with two attached hydrogens (primary N) is 1. The molecule has 90 valence electrons. The smallest absolute Gasteiger partial charge is 0.221 e. The lowest BCUT2D eigenvalue weighted by Crippen LogP contribution is -2.47. The largest absolute Gasteiger partial charge is 0.351 e. The van der Waals surface area contributed by atoms with Crippen LogP contribution in [0.3, 0.4) is 0 Å². The molecule has 0 aromatic carbocycles. The summed E-state index contributed by atoms with van der Waals surface area (Å²) in [6.07, 6.45) is 2.32. The van der Waals surface area contributed by atoms with E-state index in [0.717, 1.165) is 12.8 Å². The predicted octanol–water partition coefficient (Wildman–Crippen LogP) is 2.05. The van der Waals surface area contributed by atoms with Crippen molar-refractivity contribution in [1.29, 1.82) is 0 Å². The molecule has 0 bridgehead atoms. The maximum absolute atomic E-state index is 11.7. The Kier molecular flexibility index (Phi) is 5.88. The molecule has 0 aliphatic heterocycles. The van der Waals surface area contributed by atoms with Gasteiger partial charge in [0.1, 0.15) is 0 Å². The van der Waals surface area contributed by atoms with Crippen LogP contribution in [0, 0.1) is 5.92 Å². The second-order valence-electron chi connectivity index (χ2n) is 4.93. The van der Waals surface area contributed by atoms with E-state index in [1.54, 1.807) is 0 Å². The minimum atomic E-state index is -0.0756. The molecule has 0 heterocycles. The predicted molar refractivity (Wildman–Crippen MR) is 64.6 cm³/mol. The van der Waals surface area contributed by atoms with Crippen molar-refractivity contribution in [3.05, 3.63) is 0 Å². The van der Waals surface area contributed by atoms with Crippen molar-refractivity contribution in [3.63, 3.8) is 0 Å². The molecule has 1 unspecified atom stereocenters. The Labute approximate surface area is 93.8 Å². The lowest BCUT2D eigenvalue weighted by molar-refractivity contribution is -0.123. The Morgan fingerprint density at radius 3 is 2.13 bits per heavy atom. The first-order valence-electron chi connectivity index (χ1n) is 5.91. The van der Waals surface area contributed by atoms with Crippen LogP contribution in [0.2, 0.25) is 0 Å². The van der Waals surface area contributed by atoms with E-state index in [-0.39, 0.29) is 17.5 Å². The minimum Gasteiger partial charge on any atom is -0.351 e. The van der Waals surface area contributed by atoms with Gasteiger partial charge in [0, 0.05) is 18.0 Å². The molecule has 0 aromatic heterocycles. The third kappa shape index (κ3) is 5.17. The van der Waals surface area contributed by atoms with Crippen molar-refractivity contribution in [2.75, 3.05) is 0 Å². The second-order valence-corrected chi connectivity index (χ2v) is 4.93. The highest BCUT2D eigenvalue weighted by Crippen LogP contribution is 2.14. The van der Waals surface area contributed by atoms with Crippen molar-refractivity contribution in [3.8, 4) is 0 Å². The number of rotatable bonds is 6. The molecule has 0 rings (SSSR count). The van der Waals surface area contributed by atoms with Gasteiger partial charge in [0.15, 0.2) is 0 Å². The van der Waals surface area contributed by atoms with Crippen LogP contribution in [-0.4, -0.2) is 17.5 Å². The molecule has 0 fully saturated rings. The van der Waals surface area contributed by atoms with Crippen LogP contribution in [0.25, 0.3) is 0 Å². The van der Waals surface area contributed by atoms with Crippen LogP contribution in [0.15, 0.2) is 0 Å². The molecule has 3 heteroatoms. The van der Waals surface area contributed by atoms with E-state index in [1.807, 2.05) is 13.8 Å². The Hall–Kier alpha value is -0.570. The van der Waals surface area contributed by atoms with Gasteiger partial charge in [-0.15, -0.1) is 0 Å². The highest BCUT2D eigenvalue weighted by Gasteiger charge is 2.23. The van der Waals surface area contributed by atoms with Crippen LogP contribution in [0.5, 0.6) is 0 Å². The number of carbonyl (C=O) groups is 1. The van der Waals surface area contributed by atoms with E-state index in [2.05, 4.69) is 26.1 Å². The van der Waals surface area contributed by atoms with Crippen molar-refractivity contribution in [2.45, 2.75) is 65.5 Å². The average Bonchev–Trinajstić information content (AvgIpc) is 2.17. The fourth-order valence-electron chi connectivity index (χ4n) is 1.26. The second kappa shape index (κ2) is 6.11. The number of hydrogen-bond acceptors (Lipinski definition) is 2. The molecule has 0 saturated heterocycles. The third-order valence-corrected chi connectivity index (χ3v) is 3.28. The minimum absolute atomic E-state index is 0.0389. The van der Waals surface area contributed by atoms with E-state index < -0.39 is 0 Å². The monoisotopic (exact) mass is 214 g/mol. The quantitative estimate of drug-likeness (QED) is 0.711. The SMILES string of the molecule is CCC(C)(CC)NC(=O)CC(N)C(C)C. The van der Waals surface area contributed by atoms with E-state index in [4.69, 9.17) is 5.73 Å². The van der Waals surface area contributed by atoms with Crippen LogP contribution < -0.4 is 11.1 Å². The molecular weight excluding hydrogens is 188 g/mol. The van der Waals surface area contributed by atoms with Gasteiger partial charge in [-0.3, -0.25) is 4.79 Å². The Morgan fingerprint density at radius 2 is 1.80 bits per heavy atom. The van der Waals surface area contributed by atoms with Gasteiger partial charge < -0.3 is 11.1 Å². The fourth-order valence-corrected chi connectivity index (χ4v) is 1.26. The van der Waals surface area contributed by atoms with Gasteiger partial charge in [0.25, 0.3) is 0 Å². The van der Waals surface area contributed by atoms with Gasteiger partial charge in [0.2, 0.25) is 5.91 Å². The van der Waals surface area contributed by atoms with E-state index in [0.29, 0.717) is 12.3 Å². The maximum Gasteiger partial charge on any atom is 0.221 e. The zero-order valence-corrected chi connectivity index (χ0v) is 10.8. The molecule has 0 radical (unpaired) electrons. The highest BCUT2D eigenvalue weighted by molar-refractivity contribution is 5.77. The molecule has 0 aliphatic carbocycles. The first-order valence-corrected chi connectivity index (χ1v) is 5.91. The van der Waals surface area contributed by atoms with Crippen LogP contribution in [0.1, 0.15) is 53.9 Å². The van der Waals surface area contributed by atoms with Gasteiger partial charge in [-0.2, -0.15) is 0 Å². The first kappa shape index (κ1) is 14.4. The summed E-state index contributed by atoms with van der Waals surface area (Å²) in [5.74, 6) is 0.424. The summed E-state index contributed by atoms with van der Waals surface area (Å²) in [4.78, 5) is 11.7. The van der Waals surface area contributed by atoms with E-state index >= 15 is 0 Å². The van der Waals surface area contributed by atoms with Crippen molar-refractivity contribution < 1.29 is 4.79 Å². The zero-order valence-electron chi connectivity index (χ0n) is 10.8. The summed E-state index contributed by atoms with van der Waals surface area (Å²) in [7, 11) is 0. The first-order chi connectivity index (χ1) is 6.84. The maximum atomic E-state index is 11.7. The summed E-state index contributed by atoms with van der Waals surface area (Å²) >= 11 is 0. The number of carbonyl (C=O) groups excluding carboxylic acids is 1. The van der Waals surface area contributed by atoms with Gasteiger partial charge >= 0.3 is 0 Å². The normalized spacial score (nSPS) is 14.1. The Bertz CT molecular complexity index is 198. The Morgan fingerprint density at radius 1 is 1.33 bits per heavy atom. The van der Waals surface area contributed by atoms with Crippen LogP contribution >= 0.6 is 0 Å². The highest BCUT2D eigenvalue weighted by atomic mass is 16.1. The van der Waals surface area contributed by atoms with Crippen LogP contribution in [0.4, 0.5) is 0 Å². The standard InChI is InChI=1S/C12H26N2O/c1-6-12(5,7-2)14-11(15)8-10(13)9(3)4/h9-10H,6-8,13H2,1-5H3,(H,14,15). The van der Waals surface area contributed by atoms with Gasteiger partial charge in [-0.05, 0) is 25.7 Å². The molecular formula is C12H26N2O. The summed E-state index contributed by atoms with van der Waals surface area (Å²) in [5.41, 5.74) is 5.78. The third-order valence-electron chi connectivity index (χ3n) is 3.28. The lowest BCUT2D eigenvalue weighted by Gasteiger charge is -2.29. The number of amides is 1. The summed E-state index contributed by atoms with van der Waals surface area (Å²) in [5, 5.41) is 3.06. The summed E-state index contributed by atoms with van der Waals surface area (Å²) in [6.45, 7) is 10.3. The van der Waals surface area contributed by atoms with Crippen molar-refractivity contribution >= 4 is 5.91 Å². The molecule has 1 amide bonds. The molecule has 0 aromatic rings. The molecule has 15 heavy (non-hydrogen) atoms. The molecule has 3 nitrogen and oxygen atoms in total. The topological polar surface area (TPSA) is 55.1 Å². The van der Waals surface area contributed by atoms with Gasteiger partial charge in [-0.1, -0.05) is 27.7 Å². The zero-order chi connectivity index (χ0) is 12.1. The van der Waals surface area contributed by atoms with Gasteiger partial charge in [-0.25, -0.2) is 0 Å². The molecule has 0 saturated carbocycles. The number of hydrogen-bond donors (Lipinski definition) is 2. The summed E-state index contributed by atoms with van der Waals surface area (Å²) < 4.78 is 0. The molecule has 0 aliphatic rings. The average molecular weight is 214 g/mol. The van der Waals surface area contributed by atoms with Gasteiger partial charge in [0.05, 0.1) is 0 Å².